The van der Waals surface area contributed by atoms with Crippen molar-refractivity contribution in [1.82, 2.24) is 9.78 Å². The Balaban J connectivity index is 1.40. The second-order valence-corrected chi connectivity index (χ2v) is 6.82. The van der Waals surface area contributed by atoms with Crippen molar-refractivity contribution in [3.63, 3.8) is 0 Å². The van der Waals surface area contributed by atoms with Crippen LogP contribution in [0, 0.1) is 0 Å². The van der Waals surface area contributed by atoms with Crippen molar-refractivity contribution in [1.29, 1.82) is 0 Å². The minimum atomic E-state index is -0.518. The van der Waals surface area contributed by atoms with Crippen LogP contribution < -0.4 is 15.2 Å². The summed E-state index contributed by atoms with van der Waals surface area (Å²) in [4.78, 5) is 11.6. The van der Waals surface area contributed by atoms with Crippen LogP contribution in [0.25, 0.3) is 10.9 Å². The van der Waals surface area contributed by atoms with E-state index in [9.17, 15) is 4.79 Å². The molecular weight excluding hydrogens is 374 g/mol. The summed E-state index contributed by atoms with van der Waals surface area (Å²) in [6.45, 7) is 2.41. The van der Waals surface area contributed by atoms with Gasteiger partial charge < -0.3 is 24.7 Å². The van der Waals surface area contributed by atoms with E-state index in [1.807, 2.05) is 19.2 Å². The minimum Gasteiger partial charge on any atom is -0.491 e. The number of nitrogens with zero attached hydrogens (tertiary/aromatic N) is 2. The summed E-state index contributed by atoms with van der Waals surface area (Å²) in [7, 11) is 1.82. The summed E-state index contributed by atoms with van der Waals surface area (Å²) < 4.78 is 24.4. The first kappa shape index (κ1) is 19.2. The van der Waals surface area contributed by atoms with Crippen molar-refractivity contribution in [2.75, 3.05) is 26.4 Å². The van der Waals surface area contributed by atoms with Gasteiger partial charge in [-0.15, -0.1) is 0 Å². The van der Waals surface area contributed by atoms with Gasteiger partial charge in [-0.2, -0.15) is 5.10 Å². The zero-order valence-electron chi connectivity index (χ0n) is 16.2. The average molecular weight is 397 g/mol. The largest absolute Gasteiger partial charge is 0.491 e. The number of primary amides is 1. The molecule has 4 rings (SSSR count). The van der Waals surface area contributed by atoms with E-state index in [2.05, 4.69) is 5.10 Å². The molecule has 0 aliphatic carbocycles. The summed E-state index contributed by atoms with van der Waals surface area (Å²) in [5.41, 5.74) is 6.59. The fourth-order valence-electron chi connectivity index (χ4n) is 3.25. The lowest BCUT2D eigenvalue weighted by atomic mass is 10.1. The van der Waals surface area contributed by atoms with Crippen molar-refractivity contribution in [3.05, 3.63) is 48.2 Å². The van der Waals surface area contributed by atoms with E-state index >= 15 is 0 Å². The third-order valence-electron chi connectivity index (χ3n) is 4.73. The smallest absolute Gasteiger partial charge is 0.248 e. The Hall–Kier alpha value is -3.10. The fraction of sp³-hybridized carbons (Fsp3) is 0.333. The van der Waals surface area contributed by atoms with Gasteiger partial charge in [-0.05, 0) is 42.8 Å². The number of ether oxygens (including phenoxy) is 4. The molecule has 0 bridgehead atoms. The zero-order valence-corrected chi connectivity index (χ0v) is 16.2. The van der Waals surface area contributed by atoms with E-state index in [1.165, 1.54) is 0 Å². The molecular formula is C21H23N3O5. The van der Waals surface area contributed by atoms with Gasteiger partial charge in [0.2, 0.25) is 5.91 Å². The molecule has 1 fully saturated rings. The van der Waals surface area contributed by atoms with E-state index < -0.39 is 5.91 Å². The summed E-state index contributed by atoms with van der Waals surface area (Å²) in [5, 5.41) is 5.01. The highest BCUT2D eigenvalue weighted by molar-refractivity contribution is 5.99. The first-order valence-electron chi connectivity index (χ1n) is 9.46. The van der Waals surface area contributed by atoms with Crippen LogP contribution in [0.2, 0.25) is 0 Å². The summed E-state index contributed by atoms with van der Waals surface area (Å²) in [5.74, 6) is 1.33. The first-order chi connectivity index (χ1) is 14.1. The summed E-state index contributed by atoms with van der Waals surface area (Å²) >= 11 is 0. The quantitative estimate of drug-likeness (QED) is 0.587. The van der Waals surface area contributed by atoms with Crippen LogP contribution in [0.5, 0.6) is 17.2 Å². The monoisotopic (exact) mass is 397 g/mol. The van der Waals surface area contributed by atoms with E-state index in [4.69, 9.17) is 24.7 Å². The van der Waals surface area contributed by atoms with Crippen molar-refractivity contribution in [3.8, 4) is 17.2 Å². The Labute approximate surface area is 168 Å². The molecule has 2 aromatic carbocycles. The molecule has 1 saturated heterocycles. The Kier molecular flexibility index (Phi) is 5.64. The maximum absolute atomic E-state index is 11.6. The lowest BCUT2D eigenvalue weighted by Gasteiger charge is -2.12. The topological polar surface area (TPSA) is 97.8 Å². The van der Waals surface area contributed by atoms with Crippen molar-refractivity contribution in [2.45, 2.75) is 12.5 Å². The number of amides is 1. The summed E-state index contributed by atoms with van der Waals surface area (Å²) in [6.07, 6.45) is 2.78. The highest BCUT2D eigenvalue weighted by Crippen LogP contribution is 2.32. The number of carbonyl (C=O) groups is 1. The molecule has 29 heavy (non-hydrogen) atoms. The van der Waals surface area contributed by atoms with Gasteiger partial charge in [-0.3, -0.25) is 9.48 Å². The van der Waals surface area contributed by atoms with Crippen LogP contribution in [-0.2, 0) is 16.5 Å². The van der Waals surface area contributed by atoms with Gasteiger partial charge in [-0.1, -0.05) is 0 Å². The third-order valence-corrected chi connectivity index (χ3v) is 4.73. The predicted molar refractivity (Wildman–Crippen MR) is 106 cm³/mol. The Morgan fingerprint density at radius 2 is 2.03 bits per heavy atom. The third kappa shape index (κ3) is 4.49. The van der Waals surface area contributed by atoms with Gasteiger partial charge in [0.25, 0.3) is 0 Å². The SMILES string of the molecule is Cn1ncc2cc(C(N)=O)cc(Oc3ccc(OCCOC4CCOC4)cc3)c21. The molecule has 1 aliphatic heterocycles. The molecule has 0 radical (unpaired) electrons. The highest BCUT2D eigenvalue weighted by Gasteiger charge is 2.16. The first-order valence-corrected chi connectivity index (χ1v) is 9.46. The molecule has 0 saturated carbocycles. The average Bonchev–Trinajstić information content (AvgIpc) is 3.36. The zero-order chi connectivity index (χ0) is 20.2. The van der Waals surface area contributed by atoms with Gasteiger partial charge in [0.15, 0.2) is 5.75 Å². The fourth-order valence-corrected chi connectivity index (χ4v) is 3.25. The molecule has 1 aromatic heterocycles. The van der Waals surface area contributed by atoms with Crippen LogP contribution in [-0.4, -0.2) is 48.2 Å². The van der Waals surface area contributed by atoms with Gasteiger partial charge in [0.1, 0.15) is 23.6 Å². The number of hydrogen-bond acceptors (Lipinski definition) is 6. The van der Waals surface area contributed by atoms with Crippen LogP contribution >= 0.6 is 0 Å². The Morgan fingerprint density at radius 3 is 2.76 bits per heavy atom. The molecule has 1 aliphatic rings. The number of aryl methyl sites for hydroxylation is 1. The van der Waals surface area contributed by atoms with E-state index in [-0.39, 0.29) is 6.10 Å². The number of carbonyl (C=O) groups excluding carboxylic acids is 1. The van der Waals surface area contributed by atoms with Crippen LogP contribution in [0.15, 0.2) is 42.6 Å². The number of fused-ring (bicyclic) bond motifs is 1. The lowest BCUT2D eigenvalue weighted by molar-refractivity contribution is 0.0265. The number of hydrogen-bond donors (Lipinski definition) is 1. The van der Waals surface area contributed by atoms with E-state index in [0.29, 0.717) is 36.9 Å². The second kappa shape index (κ2) is 8.50. The molecule has 8 nitrogen and oxygen atoms in total. The maximum Gasteiger partial charge on any atom is 0.248 e. The number of nitrogens with two attached hydrogens (primary N) is 1. The summed E-state index contributed by atoms with van der Waals surface area (Å²) in [6, 6.07) is 10.6. The van der Waals surface area contributed by atoms with Crippen LogP contribution in [0.1, 0.15) is 16.8 Å². The molecule has 1 atom stereocenters. The maximum atomic E-state index is 11.6. The molecule has 152 valence electrons. The second-order valence-electron chi connectivity index (χ2n) is 6.82. The van der Waals surface area contributed by atoms with E-state index in [0.717, 1.165) is 29.7 Å². The normalized spacial score (nSPS) is 16.2. The van der Waals surface area contributed by atoms with E-state index in [1.54, 1.807) is 35.1 Å². The molecule has 0 spiro atoms. The molecule has 1 unspecified atom stereocenters. The van der Waals surface area contributed by atoms with Crippen LogP contribution in [0.4, 0.5) is 0 Å². The standard InChI is InChI=1S/C21H23N3O5/c1-24-20-15(12-23-24)10-14(21(22)25)11-19(20)29-17-4-2-16(3-5-17)27-8-9-28-18-6-7-26-13-18/h2-5,10-12,18H,6-9,13H2,1H3,(H2,22,25). The highest BCUT2D eigenvalue weighted by atomic mass is 16.6. The van der Waals surface area contributed by atoms with Gasteiger partial charge in [-0.25, -0.2) is 0 Å². The van der Waals surface area contributed by atoms with Gasteiger partial charge in [0, 0.05) is 24.6 Å². The molecule has 8 heteroatoms. The molecule has 2 heterocycles. The Bertz CT molecular complexity index is 993. The lowest BCUT2D eigenvalue weighted by Crippen LogP contribution is -2.16. The molecule has 1 amide bonds. The molecule has 3 aromatic rings. The predicted octanol–water partition coefficient (Wildman–Crippen LogP) is 2.65. The number of benzene rings is 2. The molecule has 2 N–H and O–H groups in total. The van der Waals surface area contributed by atoms with Crippen molar-refractivity contribution < 1.29 is 23.7 Å². The van der Waals surface area contributed by atoms with Crippen LogP contribution in [0.3, 0.4) is 0 Å². The van der Waals surface area contributed by atoms with Gasteiger partial charge >= 0.3 is 0 Å². The van der Waals surface area contributed by atoms with Crippen molar-refractivity contribution in [2.24, 2.45) is 12.8 Å². The van der Waals surface area contributed by atoms with Crippen molar-refractivity contribution >= 4 is 16.8 Å². The Morgan fingerprint density at radius 1 is 1.24 bits per heavy atom. The minimum absolute atomic E-state index is 0.175. The number of rotatable bonds is 8. The van der Waals surface area contributed by atoms with Gasteiger partial charge in [0.05, 0.1) is 25.5 Å². The number of aromatic nitrogens is 2.